The van der Waals surface area contributed by atoms with E-state index in [1.165, 1.54) is 19.3 Å². The summed E-state index contributed by atoms with van der Waals surface area (Å²) in [7, 11) is 1.63. The summed E-state index contributed by atoms with van der Waals surface area (Å²) < 4.78 is 5.23. The Kier molecular flexibility index (Phi) is 3.41. The summed E-state index contributed by atoms with van der Waals surface area (Å²) in [5.41, 5.74) is 7.24. The monoisotopic (exact) mass is 239 g/mol. The fourth-order valence-corrected chi connectivity index (χ4v) is 2.90. The van der Waals surface area contributed by atoms with Crippen molar-refractivity contribution in [2.45, 2.75) is 37.6 Å². The first-order chi connectivity index (χ1) is 7.67. The third-order valence-corrected chi connectivity index (χ3v) is 3.86. The van der Waals surface area contributed by atoms with Gasteiger partial charge in [0.1, 0.15) is 5.75 Å². The quantitative estimate of drug-likeness (QED) is 0.858. The van der Waals surface area contributed by atoms with Gasteiger partial charge in [0.05, 0.1) is 12.1 Å². The van der Waals surface area contributed by atoms with Crippen LogP contribution in [0, 0.1) is 0 Å². The number of ether oxygens (including phenoxy) is 1. The molecule has 2 nitrogen and oxygen atoms in total. The van der Waals surface area contributed by atoms with Crippen molar-refractivity contribution in [1.82, 2.24) is 0 Å². The van der Waals surface area contributed by atoms with Gasteiger partial charge in [-0.15, -0.1) is 0 Å². The zero-order valence-electron chi connectivity index (χ0n) is 9.63. The lowest BCUT2D eigenvalue weighted by atomic mass is 9.77. The van der Waals surface area contributed by atoms with Gasteiger partial charge in [-0.2, -0.15) is 0 Å². The van der Waals surface area contributed by atoms with Crippen LogP contribution in [-0.2, 0) is 5.54 Å². The van der Waals surface area contributed by atoms with Crippen molar-refractivity contribution in [2.24, 2.45) is 5.73 Å². The first-order valence-electron chi connectivity index (χ1n) is 5.79. The summed E-state index contributed by atoms with van der Waals surface area (Å²) in [5, 5.41) is 0.675. The molecule has 0 aliphatic heterocycles. The summed E-state index contributed by atoms with van der Waals surface area (Å²) in [6, 6.07) is 5.86. The van der Waals surface area contributed by atoms with Gasteiger partial charge in [0.25, 0.3) is 0 Å². The van der Waals surface area contributed by atoms with Gasteiger partial charge in [0.2, 0.25) is 0 Å². The molecule has 0 aromatic heterocycles. The molecular formula is C13H18ClNO. The van der Waals surface area contributed by atoms with Crippen LogP contribution in [0.5, 0.6) is 5.75 Å². The zero-order valence-corrected chi connectivity index (χ0v) is 10.4. The van der Waals surface area contributed by atoms with Crippen molar-refractivity contribution >= 4 is 11.6 Å². The Morgan fingerprint density at radius 1 is 1.25 bits per heavy atom. The summed E-state index contributed by atoms with van der Waals surface area (Å²) in [5.74, 6) is 0.717. The number of hydrogen-bond donors (Lipinski definition) is 1. The predicted molar refractivity (Wildman–Crippen MR) is 67.0 cm³/mol. The number of hydrogen-bond acceptors (Lipinski definition) is 2. The van der Waals surface area contributed by atoms with Crippen molar-refractivity contribution < 1.29 is 4.74 Å². The van der Waals surface area contributed by atoms with Crippen LogP contribution < -0.4 is 10.5 Å². The maximum Gasteiger partial charge on any atom is 0.137 e. The number of methoxy groups -OCH3 is 1. The van der Waals surface area contributed by atoms with Crippen LogP contribution in [0.3, 0.4) is 0 Å². The third-order valence-electron chi connectivity index (χ3n) is 3.47. The highest BCUT2D eigenvalue weighted by Gasteiger charge is 2.31. The molecule has 1 aromatic carbocycles. The number of rotatable bonds is 2. The molecule has 88 valence electrons. The lowest BCUT2D eigenvalue weighted by Gasteiger charge is -2.34. The van der Waals surface area contributed by atoms with Crippen molar-refractivity contribution in [3.63, 3.8) is 0 Å². The van der Waals surface area contributed by atoms with Crippen LogP contribution in [0.4, 0.5) is 0 Å². The molecule has 0 heterocycles. The van der Waals surface area contributed by atoms with Gasteiger partial charge in [-0.3, -0.25) is 0 Å². The van der Waals surface area contributed by atoms with Gasteiger partial charge in [-0.25, -0.2) is 0 Å². The largest absolute Gasteiger partial charge is 0.495 e. The minimum atomic E-state index is -0.260. The molecular weight excluding hydrogens is 222 g/mol. The van der Waals surface area contributed by atoms with Crippen LogP contribution >= 0.6 is 11.6 Å². The molecule has 0 bridgehead atoms. The van der Waals surface area contributed by atoms with Gasteiger partial charge < -0.3 is 10.5 Å². The van der Waals surface area contributed by atoms with E-state index in [0.717, 1.165) is 24.2 Å². The number of benzene rings is 1. The molecule has 1 fully saturated rings. The molecule has 1 aliphatic carbocycles. The van der Waals surface area contributed by atoms with E-state index >= 15 is 0 Å². The fourth-order valence-electron chi connectivity index (χ4n) is 2.50. The van der Waals surface area contributed by atoms with Crippen LogP contribution in [0.25, 0.3) is 0 Å². The molecule has 0 atom stereocenters. The van der Waals surface area contributed by atoms with Crippen molar-refractivity contribution in [2.75, 3.05) is 7.11 Å². The lowest BCUT2D eigenvalue weighted by molar-refractivity contribution is 0.301. The molecule has 1 aromatic rings. The Hall–Kier alpha value is -0.730. The van der Waals surface area contributed by atoms with E-state index in [1.54, 1.807) is 7.11 Å². The predicted octanol–water partition coefficient (Wildman–Crippen LogP) is 3.47. The average molecular weight is 240 g/mol. The first-order valence-corrected chi connectivity index (χ1v) is 6.17. The third kappa shape index (κ3) is 2.04. The van der Waals surface area contributed by atoms with E-state index in [0.29, 0.717) is 5.02 Å². The molecule has 1 saturated carbocycles. The van der Waals surface area contributed by atoms with Gasteiger partial charge >= 0.3 is 0 Å². The standard InChI is InChI=1S/C13H18ClNO/c1-16-11-7-5-6-10(12(11)14)13(15)8-3-2-4-9-13/h5-7H,2-4,8-9,15H2,1H3. The topological polar surface area (TPSA) is 35.2 Å². The van der Waals surface area contributed by atoms with E-state index in [4.69, 9.17) is 22.1 Å². The molecule has 2 rings (SSSR count). The minimum Gasteiger partial charge on any atom is -0.495 e. The van der Waals surface area contributed by atoms with Gasteiger partial charge in [0, 0.05) is 5.54 Å². The second-order valence-electron chi connectivity index (χ2n) is 4.54. The molecule has 0 amide bonds. The SMILES string of the molecule is COc1cccc(C2(N)CCCCC2)c1Cl. The second kappa shape index (κ2) is 4.64. The Morgan fingerprint density at radius 2 is 1.94 bits per heavy atom. The van der Waals surface area contributed by atoms with E-state index in [9.17, 15) is 0 Å². The summed E-state index contributed by atoms with van der Waals surface area (Å²) in [4.78, 5) is 0. The van der Waals surface area contributed by atoms with Gasteiger partial charge in [0.15, 0.2) is 0 Å². The smallest absolute Gasteiger partial charge is 0.137 e. The molecule has 1 aliphatic rings. The van der Waals surface area contributed by atoms with Crippen molar-refractivity contribution in [1.29, 1.82) is 0 Å². The first kappa shape index (κ1) is 11.7. The maximum absolute atomic E-state index is 6.46. The summed E-state index contributed by atoms with van der Waals surface area (Å²) >= 11 is 6.33. The van der Waals surface area contributed by atoms with Crippen LogP contribution in [0.2, 0.25) is 5.02 Å². The molecule has 0 radical (unpaired) electrons. The van der Waals surface area contributed by atoms with Crippen molar-refractivity contribution in [3.8, 4) is 5.75 Å². The molecule has 0 spiro atoms. The minimum absolute atomic E-state index is 0.260. The van der Waals surface area contributed by atoms with Gasteiger partial charge in [-0.05, 0) is 24.5 Å². The molecule has 0 unspecified atom stereocenters. The number of nitrogens with two attached hydrogens (primary N) is 1. The highest BCUT2D eigenvalue weighted by Crippen LogP contribution is 2.41. The van der Waals surface area contributed by atoms with E-state index in [2.05, 4.69) is 0 Å². The van der Waals surface area contributed by atoms with E-state index in [1.807, 2.05) is 18.2 Å². The molecule has 0 saturated heterocycles. The zero-order chi connectivity index (χ0) is 11.6. The Balaban J connectivity index is 2.38. The number of halogens is 1. The Morgan fingerprint density at radius 3 is 2.56 bits per heavy atom. The Bertz CT molecular complexity index is 372. The van der Waals surface area contributed by atoms with Crippen LogP contribution in [0.15, 0.2) is 18.2 Å². The van der Waals surface area contributed by atoms with Gasteiger partial charge in [-0.1, -0.05) is 43.0 Å². The molecule has 2 N–H and O–H groups in total. The van der Waals surface area contributed by atoms with Crippen LogP contribution in [0.1, 0.15) is 37.7 Å². The lowest BCUT2D eigenvalue weighted by Crippen LogP contribution is -2.38. The van der Waals surface area contributed by atoms with E-state index in [-0.39, 0.29) is 5.54 Å². The van der Waals surface area contributed by atoms with Crippen LogP contribution in [-0.4, -0.2) is 7.11 Å². The highest BCUT2D eigenvalue weighted by molar-refractivity contribution is 6.33. The second-order valence-corrected chi connectivity index (χ2v) is 4.92. The summed E-state index contributed by atoms with van der Waals surface area (Å²) in [6.45, 7) is 0. The maximum atomic E-state index is 6.46. The molecule has 16 heavy (non-hydrogen) atoms. The van der Waals surface area contributed by atoms with Crippen molar-refractivity contribution in [3.05, 3.63) is 28.8 Å². The van der Waals surface area contributed by atoms with E-state index < -0.39 is 0 Å². The highest BCUT2D eigenvalue weighted by atomic mass is 35.5. The Labute approximate surface area is 102 Å². The summed E-state index contributed by atoms with van der Waals surface area (Å²) in [6.07, 6.45) is 5.67. The normalized spacial score (nSPS) is 19.4. The fraction of sp³-hybridized carbons (Fsp3) is 0.538. The average Bonchev–Trinajstić information content (AvgIpc) is 2.30. The molecule has 3 heteroatoms.